The van der Waals surface area contributed by atoms with E-state index in [-0.39, 0.29) is 17.0 Å². The number of halogens is 1. The van der Waals surface area contributed by atoms with E-state index >= 15 is 0 Å². The molecule has 1 aliphatic rings. The zero-order valence-electron chi connectivity index (χ0n) is 11.1. The standard InChI is InChI=1S/C14H16BFO2/c1-13(2)14(3,4)18-15(17-13)10-9-11-5-7-12(16)8-6-11/h5-8H,1-4H3. The molecule has 0 aliphatic carbocycles. The first-order valence-corrected chi connectivity index (χ1v) is 5.93. The molecular weight excluding hydrogens is 230 g/mol. The Balaban J connectivity index is 2.11. The minimum Gasteiger partial charge on any atom is -0.392 e. The fourth-order valence-corrected chi connectivity index (χ4v) is 1.58. The first-order valence-electron chi connectivity index (χ1n) is 5.93. The fraction of sp³-hybridized carbons (Fsp3) is 0.429. The summed E-state index contributed by atoms with van der Waals surface area (Å²) in [6.07, 6.45) is 0. The summed E-state index contributed by atoms with van der Waals surface area (Å²) in [6.45, 7) is 7.91. The number of rotatable bonds is 0. The Hall–Kier alpha value is -1.31. The van der Waals surface area contributed by atoms with Crippen molar-refractivity contribution in [1.29, 1.82) is 0 Å². The lowest BCUT2D eigenvalue weighted by Crippen LogP contribution is -2.41. The summed E-state index contributed by atoms with van der Waals surface area (Å²) < 4.78 is 24.2. The van der Waals surface area contributed by atoms with Gasteiger partial charge in [0.1, 0.15) is 5.82 Å². The molecule has 0 unspecified atom stereocenters. The van der Waals surface area contributed by atoms with Crippen LogP contribution in [0.2, 0.25) is 0 Å². The average Bonchev–Trinajstić information content (AvgIpc) is 2.47. The molecule has 0 radical (unpaired) electrons. The van der Waals surface area contributed by atoms with Crippen molar-refractivity contribution in [2.45, 2.75) is 38.9 Å². The Labute approximate surface area is 108 Å². The van der Waals surface area contributed by atoms with Crippen molar-refractivity contribution in [2.24, 2.45) is 0 Å². The molecule has 0 bridgehead atoms. The predicted octanol–water partition coefficient (Wildman–Crippen LogP) is 2.81. The SMILES string of the molecule is CC1(C)OB(C#Cc2ccc(F)cc2)OC1(C)C. The molecule has 1 aromatic rings. The zero-order chi connectivity index (χ0) is 13.4. The van der Waals surface area contributed by atoms with Crippen LogP contribution < -0.4 is 0 Å². The third-order valence-corrected chi connectivity index (χ3v) is 3.43. The van der Waals surface area contributed by atoms with Gasteiger partial charge in [-0.1, -0.05) is 11.7 Å². The Bertz CT molecular complexity index is 481. The van der Waals surface area contributed by atoms with Crippen LogP contribution in [0.3, 0.4) is 0 Å². The second kappa shape index (κ2) is 4.42. The van der Waals surface area contributed by atoms with Gasteiger partial charge in [-0.15, -0.1) is 0 Å². The molecule has 1 aromatic carbocycles. The van der Waals surface area contributed by atoms with Crippen LogP contribution in [0, 0.1) is 17.6 Å². The van der Waals surface area contributed by atoms with E-state index in [0.29, 0.717) is 0 Å². The molecule has 0 saturated carbocycles. The third-order valence-electron chi connectivity index (χ3n) is 3.43. The van der Waals surface area contributed by atoms with Gasteiger partial charge in [-0.05, 0) is 52.0 Å². The summed E-state index contributed by atoms with van der Waals surface area (Å²) in [5.41, 5.74) is -0.0179. The highest BCUT2D eigenvalue weighted by molar-refractivity contribution is 6.55. The molecular formula is C14H16BFO2. The lowest BCUT2D eigenvalue weighted by Gasteiger charge is -2.32. The van der Waals surface area contributed by atoms with Gasteiger partial charge in [0.05, 0.1) is 11.2 Å². The van der Waals surface area contributed by atoms with E-state index in [4.69, 9.17) is 9.31 Å². The average molecular weight is 246 g/mol. The maximum Gasteiger partial charge on any atom is 0.551 e. The van der Waals surface area contributed by atoms with Crippen LogP contribution in [0.5, 0.6) is 0 Å². The molecule has 0 N–H and O–H groups in total. The van der Waals surface area contributed by atoms with Crippen LogP contribution in [0.1, 0.15) is 33.3 Å². The second-order valence-corrected chi connectivity index (χ2v) is 5.36. The van der Waals surface area contributed by atoms with Gasteiger partial charge < -0.3 is 9.31 Å². The lowest BCUT2D eigenvalue weighted by atomic mass is 9.90. The van der Waals surface area contributed by atoms with Gasteiger partial charge in [-0.2, -0.15) is 0 Å². The van der Waals surface area contributed by atoms with Crippen LogP contribution in [0.4, 0.5) is 4.39 Å². The molecule has 2 rings (SSSR count). The van der Waals surface area contributed by atoms with E-state index < -0.39 is 7.12 Å². The number of hydrogen-bond acceptors (Lipinski definition) is 2. The molecule has 4 heteroatoms. The van der Waals surface area contributed by atoms with Crippen molar-refractivity contribution in [3.05, 3.63) is 35.6 Å². The molecule has 94 valence electrons. The molecule has 2 nitrogen and oxygen atoms in total. The van der Waals surface area contributed by atoms with Crippen molar-refractivity contribution in [1.82, 2.24) is 0 Å². The summed E-state index contributed by atoms with van der Waals surface area (Å²) >= 11 is 0. The van der Waals surface area contributed by atoms with Gasteiger partial charge in [-0.3, -0.25) is 0 Å². The summed E-state index contributed by atoms with van der Waals surface area (Å²) in [5.74, 6) is 5.57. The van der Waals surface area contributed by atoms with E-state index in [1.54, 1.807) is 12.1 Å². The topological polar surface area (TPSA) is 18.5 Å². The first-order chi connectivity index (χ1) is 8.30. The van der Waals surface area contributed by atoms with Gasteiger partial charge >= 0.3 is 7.12 Å². The van der Waals surface area contributed by atoms with E-state index in [1.165, 1.54) is 12.1 Å². The Kier molecular flexibility index (Phi) is 3.22. The van der Waals surface area contributed by atoms with Crippen molar-refractivity contribution in [3.8, 4) is 11.7 Å². The Morgan fingerprint density at radius 3 is 2.00 bits per heavy atom. The van der Waals surface area contributed by atoms with Crippen molar-refractivity contribution in [3.63, 3.8) is 0 Å². The van der Waals surface area contributed by atoms with Crippen molar-refractivity contribution in [2.75, 3.05) is 0 Å². The monoisotopic (exact) mass is 246 g/mol. The smallest absolute Gasteiger partial charge is 0.392 e. The highest BCUT2D eigenvalue weighted by Crippen LogP contribution is 2.36. The predicted molar refractivity (Wildman–Crippen MR) is 69.4 cm³/mol. The normalized spacial score (nSPS) is 20.4. The molecule has 1 fully saturated rings. The summed E-state index contributed by atoms with van der Waals surface area (Å²) in [7, 11) is -0.542. The van der Waals surface area contributed by atoms with Gasteiger partial charge in [0.2, 0.25) is 0 Å². The quantitative estimate of drug-likeness (QED) is 0.517. The van der Waals surface area contributed by atoms with E-state index in [2.05, 4.69) is 11.7 Å². The van der Waals surface area contributed by atoms with Gasteiger partial charge in [0.25, 0.3) is 0 Å². The molecule has 1 aliphatic heterocycles. The molecule has 1 saturated heterocycles. The lowest BCUT2D eigenvalue weighted by molar-refractivity contribution is 0.00578. The summed E-state index contributed by atoms with van der Waals surface area (Å²) in [4.78, 5) is 0. The highest BCUT2D eigenvalue weighted by atomic mass is 19.1. The van der Waals surface area contributed by atoms with Crippen molar-refractivity contribution < 1.29 is 13.7 Å². The molecule has 0 spiro atoms. The highest BCUT2D eigenvalue weighted by Gasteiger charge is 2.50. The zero-order valence-corrected chi connectivity index (χ0v) is 11.1. The van der Waals surface area contributed by atoms with Crippen LogP contribution in [0.15, 0.2) is 24.3 Å². The molecule has 0 atom stereocenters. The number of hydrogen-bond donors (Lipinski definition) is 0. The Morgan fingerprint density at radius 2 is 1.50 bits per heavy atom. The largest absolute Gasteiger partial charge is 0.551 e. The molecule has 0 aromatic heterocycles. The van der Waals surface area contributed by atoms with Gasteiger partial charge in [-0.25, -0.2) is 4.39 Å². The van der Waals surface area contributed by atoms with E-state index in [0.717, 1.165) is 5.56 Å². The van der Waals surface area contributed by atoms with Crippen LogP contribution >= 0.6 is 0 Å². The minimum absolute atomic E-state index is 0.267. The van der Waals surface area contributed by atoms with Gasteiger partial charge in [0, 0.05) is 5.56 Å². The summed E-state index contributed by atoms with van der Waals surface area (Å²) in [6, 6.07) is 6.03. The van der Waals surface area contributed by atoms with Gasteiger partial charge in [0.15, 0.2) is 0 Å². The molecule has 1 heterocycles. The molecule has 0 amide bonds. The summed E-state index contributed by atoms with van der Waals surface area (Å²) in [5, 5.41) is 0. The molecule has 18 heavy (non-hydrogen) atoms. The third kappa shape index (κ3) is 2.58. The maximum atomic E-state index is 12.7. The van der Waals surface area contributed by atoms with Crippen molar-refractivity contribution >= 4 is 7.12 Å². The second-order valence-electron chi connectivity index (χ2n) is 5.36. The van der Waals surface area contributed by atoms with E-state index in [9.17, 15) is 4.39 Å². The van der Waals surface area contributed by atoms with E-state index in [1.807, 2.05) is 27.7 Å². The maximum absolute atomic E-state index is 12.7. The van der Waals surface area contributed by atoms with Crippen LogP contribution in [0.25, 0.3) is 0 Å². The van der Waals surface area contributed by atoms with Crippen LogP contribution in [-0.2, 0) is 9.31 Å². The number of benzene rings is 1. The fourth-order valence-electron chi connectivity index (χ4n) is 1.58. The minimum atomic E-state index is -0.542. The Morgan fingerprint density at radius 1 is 1.00 bits per heavy atom. The van der Waals surface area contributed by atoms with Crippen LogP contribution in [-0.4, -0.2) is 18.3 Å². The first kappa shape index (κ1) is 13.1.